The molecule has 3 N–H and O–H groups in total. The van der Waals surface area contributed by atoms with E-state index in [1.54, 1.807) is 20.8 Å². The Hall–Kier alpha value is -1.10. The molecule has 0 radical (unpaired) electrons. The standard InChI is InChI=1S/C15H27NO4/c1-11(17)14(2,3)16-12(18)9-15(10-13(19)20)7-5-4-6-8-15/h11,17H,4-10H2,1-3H3,(H,16,18)(H,19,20). The van der Waals surface area contributed by atoms with Gasteiger partial charge in [-0.25, -0.2) is 0 Å². The fourth-order valence-corrected chi connectivity index (χ4v) is 2.89. The van der Waals surface area contributed by atoms with Crippen molar-refractivity contribution in [1.29, 1.82) is 0 Å². The van der Waals surface area contributed by atoms with E-state index < -0.39 is 23.0 Å². The maximum Gasteiger partial charge on any atom is 0.303 e. The van der Waals surface area contributed by atoms with Crippen LogP contribution >= 0.6 is 0 Å². The minimum Gasteiger partial charge on any atom is -0.481 e. The average molecular weight is 285 g/mol. The van der Waals surface area contributed by atoms with Crippen LogP contribution in [-0.2, 0) is 9.59 Å². The Morgan fingerprint density at radius 2 is 1.75 bits per heavy atom. The summed E-state index contributed by atoms with van der Waals surface area (Å²) in [5.74, 6) is -1.01. The molecule has 5 nitrogen and oxygen atoms in total. The predicted molar refractivity (Wildman–Crippen MR) is 76.3 cm³/mol. The lowest BCUT2D eigenvalue weighted by Crippen LogP contribution is -2.52. The SMILES string of the molecule is CC(O)C(C)(C)NC(=O)CC1(CC(=O)O)CCCCC1. The second-order valence-electron chi connectivity index (χ2n) is 6.75. The van der Waals surface area contributed by atoms with Crippen LogP contribution in [-0.4, -0.2) is 33.7 Å². The monoisotopic (exact) mass is 285 g/mol. The van der Waals surface area contributed by atoms with Crippen molar-refractivity contribution in [2.75, 3.05) is 0 Å². The number of aliphatic carboxylic acids is 1. The van der Waals surface area contributed by atoms with Gasteiger partial charge in [0.15, 0.2) is 0 Å². The fraction of sp³-hybridized carbons (Fsp3) is 0.867. The van der Waals surface area contributed by atoms with Crippen LogP contribution in [0.25, 0.3) is 0 Å². The van der Waals surface area contributed by atoms with Crippen LogP contribution in [0.15, 0.2) is 0 Å². The summed E-state index contributed by atoms with van der Waals surface area (Å²) in [7, 11) is 0. The lowest BCUT2D eigenvalue weighted by atomic mass is 9.69. The van der Waals surface area contributed by atoms with Crippen LogP contribution in [0.1, 0.15) is 65.7 Å². The van der Waals surface area contributed by atoms with Gasteiger partial charge in [0.2, 0.25) is 5.91 Å². The number of rotatable bonds is 6. The largest absolute Gasteiger partial charge is 0.481 e. The van der Waals surface area contributed by atoms with E-state index in [0.29, 0.717) is 0 Å². The van der Waals surface area contributed by atoms with Crippen LogP contribution in [0.4, 0.5) is 0 Å². The van der Waals surface area contributed by atoms with Crippen LogP contribution in [0.5, 0.6) is 0 Å². The molecule has 0 aromatic carbocycles. The number of aliphatic hydroxyl groups is 1. The van der Waals surface area contributed by atoms with E-state index in [2.05, 4.69) is 5.32 Å². The van der Waals surface area contributed by atoms with Gasteiger partial charge in [0.05, 0.1) is 18.1 Å². The van der Waals surface area contributed by atoms with Crippen molar-refractivity contribution < 1.29 is 19.8 Å². The van der Waals surface area contributed by atoms with Crippen molar-refractivity contribution in [2.24, 2.45) is 5.41 Å². The van der Waals surface area contributed by atoms with Crippen LogP contribution in [0.3, 0.4) is 0 Å². The van der Waals surface area contributed by atoms with Gasteiger partial charge in [-0.3, -0.25) is 9.59 Å². The molecule has 1 fully saturated rings. The first-order valence-corrected chi connectivity index (χ1v) is 7.38. The summed E-state index contributed by atoms with van der Waals surface area (Å²) >= 11 is 0. The number of carboxylic acid groups (broad SMARTS) is 1. The third-order valence-corrected chi connectivity index (χ3v) is 4.48. The van der Waals surface area contributed by atoms with E-state index in [-0.39, 0.29) is 18.7 Å². The second-order valence-corrected chi connectivity index (χ2v) is 6.75. The summed E-state index contributed by atoms with van der Waals surface area (Å²) in [5, 5.41) is 21.5. The van der Waals surface area contributed by atoms with E-state index >= 15 is 0 Å². The number of carbonyl (C=O) groups is 2. The molecule has 0 bridgehead atoms. The highest BCUT2D eigenvalue weighted by Crippen LogP contribution is 2.42. The summed E-state index contributed by atoms with van der Waals surface area (Å²) in [5.41, 5.74) is -1.11. The lowest BCUT2D eigenvalue weighted by molar-refractivity contribution is -0.141. The number of hydrogen-bond donors (Lipinski definition) is 3. The van der Waals surface area contributed by atoms with Gasteiger partial charge in [0.25, 0.3) is 0 Å². The summed E-state index contributed by atoms with van der Waals surface area (Å²) in [6.45, 7) is 5.16. The van der Waals surface area contributed by atoms with Gasteiger partial charge < -0.3 is 15.5 Å². The molecule has 0 aliphatic heterocycles. The molecular formula is C15H27NO4. The number of carbonyl (C=O) groups excluding carboxylic acids is 1. The minimum absolute atomic E-state index is 0.0511. The molecular weight excluding hydrogens is 258 g/mol. The average Bonchev–Trinajstić information content (AvgIpc) is 2.27. The smallest absolute Gasteiger partial charge is 0.303 e. The Kier molecular flexibility index (Phi) is 5.57. The van der Waals surface area contributed by atoms with Crippen LogP contribution in [0.2, 0.25) is 0 Å². The molecule has 1 aliphatic rings. The first-order chi connectivity index (χ1) is 9.17. The second kappa shape index (κ2) is 6.57. The van der Waals surface area contributed by atoms with Gasteiger partial charge in [-0.1, -0.05) is 19.3 Å². The molecule has 0 saturated heterocycles. The van der Waals surface area contributed by atoms with Gasteiger partial charge in [-0.15, -0.1) is 0 Å². The highest BCUT2D eigenvalue weighted by atomic mass is 16.4. The molecule has 1 atom stereocenters. The van der Waals surface area contributed by atoms with Crippen molar-refractivity contribution in [3.63, 3.8) is 0 Å². The number of hydrogen-bond acceptors (Lipinski definition) is 3. The molecule has 1 unspecified atom stereocenters. The summed E-state index contributed by atoms with van der Waals surface area (Å²) in [6.07, 6.45) is 4.30. The van der Waals surface area contributed by atoms with Gasteiger partial charge in [-0.2, -0.15) is 0 Å². The van der Waals surface area contributed by atoms with Crippen molar-refractivity contribution in [2.45, 2.75) is 77.4 Å². The molecule has 20 heavy (non-hydrogen) atoms. The molecule has 1 rings (SSSR count). The van der Waals surface area contributed by atoms with E-state index in [4.69, 9.17) is 5.11 Å². The molecule has 0 aromatic rings. The zero-order chi connectivity index (χ0) is 15.4. The first kappa shape index (κ1) is 17.0. The zero-order valence-electron chi connectivity index (χ0n) is 12.7. The molecule has 1 aliphatic carbocycles. The number of carboxylic acids is 1. The molecule has 116 valence electrons. The Labute approximate surface area is 120 Å². The quantitative estimate of drug-likeness (QED) is 0.697. The van der Waals surface area contributed by atoms with Gasteiger partial charge in [-0.05, 0) is 39.0 Å². The van der Waals surface area contributed by atoms with E-state index in [1.165, 1.54) is 0 Å². The maximum absolute atomic E-state index is 12.2. The Morgan fingerprint density at radius 1 is 1.20 bits per heavy atom. The molecule has 0 heterocycles. The lowest BCUT2D eigenvalue weighted by Gasteiger charge is -2.37. The number of nitrogens with one attached hydrogen (secondary N) is 1. The van der Waals surface area contributed by atoms with Gasteiger partial charge in [0.1, 0.15) is 0 Å². The van der Waals surface area contributed by atoms with Gasteiger partial charge >= 0.3 is 5.97 Å². The minimum atomic E-state index is -0.838. The number of aliphatic hydroxyl groups excluding tert-OH is 1. The molecule has 1 amide bonds. The highest BCUT2D eigenvalue weighted by molar-refractivity contribution is 5.78. The van der Waals surface area contributed by atoms with Crippen molar-refractivity contribution >= 4 is 11.9 Å². The highest BCUT2D eigenvalue weighted by Gasteiger charge is 2.37. The predicted octanol–water partition coefficient (Wildman–Crippen LogP) is 2.08. The summed E-state index contributed by atoms with van der Waals surface area (Å²) in [4.78, 5) is 23.3. The Balaban J connectivity index is 2.70. The molecule has 0 spiro atoms. The van der Waals surface area contributed by atoms with Crippen molar-refractivity contribution in [3.05, 3.63) is 0 Å². The van der Waals surface area contributed by atoms with E-state index in [9.17, 15) is 14.7 Å². The van der Waals surface area contributed by atoms with Crippen LogP contribution in [0, 0.1) is 5.41 Å². The van der Waals surface area contributed by atoms with Gasteiger partial charge in [0, 0.05) is 6.42 Å². The maximum atomic E-state index is 12.2. The van der Waals surface area contributed by atoms with Crippen molar-refractivity contribution in [1.82, 2.24) is 5.32 Å². The Bertz CT molecular complexity index is 357. The van der Waals surface area contributed by atoms with E-state index in [0.717, 1.165) is 32.1 Å². The van der Waals surface area contributed by atoms with E-state index in [1.807, 2.05) is 0 Å². The molecule has 0 aromatic heterocycles. The van der Waals surface area contributed by atoms with Crippen molar-refractivity contribution in [3.8, 4) is 0 Å². The molecule has 1 saturated carbocycles. The summed E-state index contributed by atoms with van der Waals surface area (Å²) in [6, 6.07) is 0. The first-order valence-electron chi connectivity index (χ1n) is 7.38. The zero-order valence-corrected chi connectivity index (χ0v) is 12.7. The third kappa shape index (κ3) is 4.78. The third-order valence-electron chi connectivity index (χ3n) is 4.48. The summed E-state index contributed by atoms with van der Waals surface area (Å²) < 4.78 is 0. The topological polar surface area (TPSA) is 86.6 Å². The normalized spacial score (nSPS) is 20.2. The molecule has 5 heteroatoms. The Morgan fingerprint density at radius 3 is 2.20 bits per heavy atom. The van der Waals surface area contributed by atoms with Crippen LogP contribution < -0.4 is 5.32 Å². The fourth-order valence-electron chi connectivity index (χ4n) is 2.89. The number of amides is 1.